The minimum Gasteiger partial charge on any atom is -0.370 e. The number of piperidine rings is 1. The molecule has 0 atom stereocenters. The Hall–Kier alpha value is -1.85. The molecule has 0 radical (unpaired) electrons. The number of aryl methyl sites for hydroxylation is 1. The first-order chi connectivity index (χ1) is 10.1. The first kappa shape index (κ1) is 15.5. The van der Waals surface area contributed by atoms with Crippen LogP contribution in [0, 0.1) is 12.8 Å². The summed E-state index contributed by atoms with van der Waals surface area (Å²) in [4.78, 5) is 22.2. The zero-order chi connectivity index (χ0) is 15.2. The van der Waals surface area contributed by atoms with Crippen molar-refractivity contribution in [1.29, 1.82) is 0 Å². The molecule has 21 heavy (non-hydrogen) atoms. The highest BCUT2D eigenvalue weighted by Crippen LogP contribution is 2.23. The van der Waals surface area contributed by atoms with Crippen LogP contribution in [0.4, 0.5) is 11.6 Å². The maximum absolute atomic E-state index is 11.0. The van der Waals surface area contributed by atoms with Gasteiger partial charge in [0.05, 0.1) is 0 Å². The fourth-order valence-electron chi connectivity index (χ4n) is 2.64. The molecule has 0 unspecified atom stereocenters. The molecule has 0 aromatic carbocycles. The van der Waals surface area contributed by atoms with E-state index in [0.29, 0.717) is 5.92 Å². The predicted molar refractivity (Wildman–Crippen MR) is 84.6 cm³/mol. The van der Waals surface area contributed by atoms with Crippen molar-refractivity contribution >= 4 is 17.5 Å². The van der Waals surface area contributed by atoms with Crippen molar-refractivity contribution < 1.29 is 4.79 Å². The molecule has 0 spiro atoms. The molecule has 6 heteroatoms. The maximum Gasteiger partial charge on any atom is 0.216 e. The van der Waals surface area contributed by atoms with Crippen molar-refractivity contribution in [3.05, 3.63) is 11.9 Å². The highest BCUT2D eigenvalue weighted by atomic mass is 16.1. The molecule has 1 aliphatic heterocycles. The van der Waals surface area contributed by atoms with Crippen molar-refractivity contribution in [2.75, 3.05) is 36.4 Å². The molecule has 2 N–H and O–H groups in total. The fraction of sp³-hybridized carbons (Fsp3) is 0.667. The van der Waals surface area contributed by atoms with Gasteiger partial charge in [-0.05, 0) is 32.6 Å². The maximum atomic E-state index is 11.0. The second kappa shape index (κ2) is 7.24. The lowest BCUT2D eigenvalue weighted by Crippen LogP contribution is -2.38. The van der Waals surface area contributed by atoms with Gasteiger partial charge in [0, 0.05) is 39.2 Å². The zero-order valence-electron chi connectivity index (χ0n) is 13.1. The normalized spacial score (nSPS) is 15.9. The Morgan fingerprint density at radius 3 is 2.71 bits per heavy atom. The third-order valence-electron chi connectivity index (χ3n) is 3.76. The summed E-state index contributed by atoms with van der Waals surface area (Å²) in [7, 11) is 0. The summed E-state index contributed by atoms with van der Waals surface area (Å²) >= 11 is 0. The Morgan fingerprint density at radius 1 is 1.38 bits per heavy atom. The van der Waals surface area contributed by atoms with E-state index in [-0.39, 0.29) is 5.91 Å². The van der Waals surface area contributed by atoms with E-state index in [2.05, 4.69) is 32.4 Å². The zero-order valence-corrected chi connectivity index (χ0v) is 13.1. The number of carbonyl (C=O) groups is 1. The molecule has 1 saturated heterocycles. The Labute approximate surface area is 126 Å². The third kappa shape index (κ3) is 4.58. The summed E-state index contributed by atoms with van der Waals surface area (Å²) in [6, 6.07) is 2.02. The largest absolute Gasteiger partial charge is 0.370 e. The summed E-state index contributed by atoms with van der Waals surface area (Å²) in [6.07, 6.45) is 2.17. The number of amides is 1. The topological polar surface area (TPSA) is 70.2 Å². The van der Waals surface area contributed by atoms with Crippen LogP contribution in [-0.2, 0) is 4.79 Å². The molecule has 1 aromatic rings. The molecule has 6 nitrogen and oxygen atoms in total. The standard InChI is InChI=1S/C15H25N5O/c1-4-16-14-9-15(19-11(2)18-14)20-7-5-13(6-8-20)10-17-12(3)21/h9,13H,4-8,10H2,1-3H3,(H,17,21)(H,16,18,19). The number of anilines is 2. The number of hydrogen-bond acceptors (Lipinski definition) is 5. The molecule has 0 bridgehead atoms. The molecular formula is C15H25N5O. The van der Waals surface area contributed by atoms with E-state index >= 15 is 0 Å². The number of aromatic nitrogens is 2. The number of carbonyl (C=O) groups excluding carboxylic acids is 1. The van der Waals surface area contributed by atoms with Crippen LogP contribution in [0.2, 0.25) is 0 Å². The van der Waals surface area contributed by atoms with E-state index in [1.807, 2.05) is 13.0 Å². The van der Waals surface area contributed by atoms with E-state index < -0.39 is 0 Å². The Morgan fingerprint density at radius 2 is 2.10 bits per heavy atom. The SMILES string of the molecule is CCNc1cc(N2CCC(CNC(C)=O)CC2)nc(C)n1. The number of nitrogens with one attached hydrogen (secondary N) is 2. The molecule has 1 aromatic heterocycles. The van der Waals surface area contributed by atoms with Gasteiger partial charge in [-0.25, -0.2) is 9.97 Å². The Bertz CT molecular complexity index is 483. The van der Waals surface area contributed by atoms with Gasteiger partial charge in [-0.2, -0.15) is 0 Å². The summed E-state index contributed by atoms with van der Waals surface area (Å²) in [5.74, 6) is 3.31. The summed E-state index contributed by atoms with van der Waals surface area (Å²) < 4.78 is 0. The van der Waals surface area contributed by atoms with Crippen molar-refractivity contribution in [3.63, 3.8) is 0 Å². The van der Waals surface area contributed by atoms with Gasteiger partial charge in [0.25, 0.3) is 0 Å². The highest BCUT2D eigenvalue weighted by Gasteiger charge is 2.20. The van der Waals surface area contributed by atoms with Gasteiger partial charge in [-0.1, -0.05) is 0 Å². The molecule has 2 rings (SSSR count). The van der Waals surface area contributed by atoms with Crippen molar-refractivity contribution in [1.82, 2.24) is 15.3 Å². The Kier molecular flexibility index (Phi) is 5.36. The van der Waals surface area contributed by atoms with E-state index in [9.17, 15) is 4.79 Å². The van der Waals surface area contributed by atoms with Crippen LogP contribution in [0.3, 0.4) is 0 Å². The van der Waals surface area contributed by atoms with Crippen LogP contribution in [-0.4, -0.2) is 42.1 Å². The average Bonchev–Trinajstić information content (AvgIpc) is 2.45. The number of hydrogen-bond donors (Lipinski definition) is 2. The molecule has 1 fully saturated rings. The lowest BCUT2D eigenvalue weighted by molar-refractivity contribution is -0.119. The molecule has 2 heterocycles. The lowest BCUT2D eigenvalue weighted by atomic mass is 9.97. The lowest BCUT2D eigenvalue weighted by Gasteiger charge is -2.33. The molecular weight excluding hydrogens is 266 g/mol. The van der Waals surface area contributed by atoms with Crippen LogP contribution in [0.25, 0.3) is 0 Å². The van der Waals surface area contributed by atoms with Gasteiger partial charge in [-0.3, -0.25) is 4.79 Å². The van der Waals surface area contributed by atoms with E-state index in [0.717, 1.165) is 56.5 Å². The third-order valence-corrected chi connectivity index (χ3v) is 3.76. The van der Waals surface area contributed by atoms with Crippen LogP contribution in [0.1, 0.15) is 32.5 Å². The van der Waals surface area contributed by atoms with Crippen LogP contribution in [0.15, 0.2) is 6.07 Å². The van der Waals surface area contributed by atoms with E-state index in [1.54, 1.807) is 6.92 Å². The van der Waals surface area contributed by atoms with Gasteiger partial charge in [0.1, 0.15) is 17.5 Å². The van der Waals surface area contributed by atoms with Gasteiger partial charge in [-0.15, -0.1) is 0 Å². The smallest absolute Gasteiger partial charge is 0.216 e. The minimum atomic E-state index is 0.0548. The minimum absolute atomic E-state index is 0.0548. The van der Waals surface area contributed by atoms with Crippen LogP contribution >= 0.6 is 0 Å². The second-order valence-electron chi connectivity index (χ2n) is 5.56. The monoisotopic (exact) mass is 291 g/mol. The highest BCUT2D eigenvalue weighted by molar-refractivity contribution is 5.72. The van der Waals surface area contributed by atoms with Crippen molar-refractivity contribution in [2.24, 2.45) is 5.92 Å². The molecule has 0 aliphatic carbocycles. The van der Waals surface area contributed by atoms with Gasteiger partial charge in [0.15, 0.2) is 0 Å². The number of nitrogens with zero attached hydrogens (tertiary/aromatic N) is 3. The Balaban J connectivity index is 1.94. The van der Waals surface area contributed by atoms with Gasteiger partial charge >= 0.3 is 0 Å². The van der Waals surface area contributed by atoms with Crippen LogP contribution < -0.4 is 15.5 Å². The van der Waals surface area contributed by atoms with Crippen molar-refractivity contribution in [3.8, 4) is 0 Å². The van der Waals surface area contributed by atoms with Gasteiger partial charge < -0.3 is 15.5 Å². The second-order valence-corrected chi connectivity index (χ2v) is 5.56. The first-order valence-electron chi connectivity index (χ1n) is 7.67. The van der Waals surface area contributed by atoms with E-state index in [1.165, 1.54) is 0 Å². The number of rotatable bonds is 5. The molecule has 0 saturated carbocycles. The molecule has 116 valence electrons. The summed E-state index contributed by atoms with van der Waals surface area (Å²) in [5.41, 5.74) is 0. The van der Waals surface area contributed by atoms with Crippen molar-refractivity contribution in [2.45, 2.75) is 33.6 Å². The predicted octanol–water partition coefficient (Wildman–Crippen LogP) is 1.57. The first-order valence-corrected chi connectivity index (χ1v) is 7.67. The summed E-state index contributed by atoms with van der Waals surface area (Å²) in [6.45, 7) is 9.15. The fourth-order valence-corrected chi connectivity index (χ4v) is 2.64. The van der Waals surface area contributed by atoms with Crippen LogP contribution in [0.5, 0.6) is 0 Å². The molecule has 1 amide bonds. The van der Waals surface area contributed by atoms with E-state index in [4.69, 9.17) is 0 Å². The summed E-state index contributed by atoms with van der Waals surface area (Å²) in [5, 5.41) is 6.16. The average molecular weight is 291 g/mol. The van der Waals surface area contributed by atoms with Gasteiger partial charge in [0.2, 0.25) is 5.91 Å². The molecule has 1 aliphatic rings. The quantitative estimate of drug-likeness (QED) is 0.862.